The lowest BCUT2D eigenvalue weighted by Crippen LogP contribution is -2.30. The van der Waals surface area contributed by atoms with Crippen LogP contribution in [0.5, 0.6) is 0 Å². The van der Waals surface area contributed by atoms with Gasteiger partial charge in [0.25, 0.3) is 10.0 Å². The van der Waals surface area contributed by atoms with Crippen LogP contribution < -0.4 is 4.72 Å². The molecule has 20 heavy (non-hydrogen) atoms. The van der Waals surface area contributed by atoms with E-state index in [1.54, 1.807) is 18.2 Å². The Hall–Kier alpha value is -1.40. The Morgan fingerprint density at radius 1 is 1.30 bits per heavy atom. The van der Waals surface area contributed by atoms with E-state index in [1.165, 1.54) is 12.8 Å². The maximum absolute atomic E-state index is 12.0. The van der Waals surface area contributed by atoms with Gasteiger partial charge >= 0.3 is 0 Å². The third-order valence-electron chi connectivity index (χ3n) is 3.73. The minimum atomic E-state index is -3.42. The standard InChI is InChI=1S/C14H19N3O2S/c1-11(10-17-8-4-5-9-17)15-14-12-6-2-3-7-13(12)20(18,19)16-14/h2-3,6-7,11H,4-5,8-10H2,1H3,(H,15,16). The summed E-state index contributed by atoms with van der Waals surface area (Å²) in [5.74, 6) is 0.479. The second-order valence-electron chi connectivity index (χ2n) is 5.44. The SMILES string of the molecule is CC(CN1CCCC1)N=C1NS(=O)(=O)c2ccccc21. The summed E-state index contributed by atoms with van der Waals surface area (Å²) in [5, 5.41) is 0. The summed E-state index contributed by atoms with van der Waals surface area (Å²) in [6.07, 6.45) is 2.50. The van der Waals surface area contributed by atoms with Crippen LogP contribution in [0.25, 0.3) is 0 Å². The third kappa shape index (κ3) is 2.58. The molecule has 0 amide bonds. The number of likely N-dealkylation sites (tertiary alicyclic amines) is 1. The molecule has 1 unspecified atom stereocenters. The summed E-state index contributed by atoms with van der Waals surface area (Å²) in [4.78, 5) is 7.27. The molecule has 0 radical (unpaired) electrons. The highest BCUT2D eigenvalue weighted by molar-refractivity contribution is 7.90. The van der Waals surface area contributed by atoms with Crippen molar-refractivity contribution in [2.45, 2.75) is 30.7 Å². The molecule has 1 aromatic rings. The zero-order valence-corrected chi connectivity index (χ0v) is 12.4. The fraction of sp³-hybridized carbons (Fsp3) is 0.500. The molecular weight excluding hydrogens is 274 g/mol. The van der Waals surface area contributed by atoms with E-state index in [4.69, 9.17) is 0 Å². The molecule has 1 fully saturated rings. The predicted octanol–water partition coefficient (Wildman–Crippen LogP) is 1.21. The molecule has 2 aliphatic heterocycles. The number of aliphatic imine (C=N–C) groups is 1. The summed E-state index contributed by atoms with van der Waals surface area (Å²) in [6, 6.07) is 7.06. The Labute approximate surface area is 119 Å². The molecule has 1 N–H and O–H groups in total. The maximum Gasteiger partial charge on any atom is 0.263 e. The zero-order valence-electron chi connectivity index (χ0n) is 11.5. The summed E-state index contributed by atoms with van der Waals surface area (Å²) >= 11 is 0. The predicted molar refractivity (Wildman–Crippen MR) is 78.4 cm³/mol. The van der Waals surface area contributed by atoms with Crippen LogP contribution in [-0.2, 0) is 10.0 Å². The summed E-state index contributed by atoms with van der Waals surface area (Å²) in [5.41, 5.74) is 0.681. The van der Waals surface area contributed by atoms with Crippen molar-refractivity contribution in [1.29, 1.82) is 0 Å². The van der Waals surface area contributed by atoms with Gasteiger partial charge in [0.05, 0.1) is 10.9 Å². The van der Waals surface area contributed by atoms with E-state index in [-0.39, 0.29) is 6.04 Å². The van der Waals surface area contributed by atoms with Crippen LogP contribution in [-0.4, -0.2) is 44.8 Å². The number of nitrogens with one attached hydrogen (secondary N) is 1. The van der Waals surface area contributed by atoms with Crippen molar-refractivity contribution in [1.82, 2.24) is 9.62 Å². The zero-order chi connectivity index (χ0) is 14.2. The number of rotatable bonds is 3. The number of hydrogen-bond donors (Lipinski definition) is 1. The number of fused-ring (bicyclic) bond motifs is 1. The normalized spacial score (nSPS) is 24.6. The van der Waals surface area contributed by atoms with Gasteiger partial charge in [0, 0.05) is 12.1 Å². The number of hydrogen-bond acceptors (Lipinski definition) is 4. The average Bonchev–Trinajstić information content (AvgIpc) is 2.98. The van der Waals surface area contributed by atoms with Gasteiger partial charge in [0.1, 0.15) is 5.84 Å². The van der Waals surface area contributed by atoms with E-state index in [1.807, 2.05) is 13.0 Å². The fourth-order valence-electron chi connectivity index (χ4n) is 2.83. The lowest BCUT2D eigenvalue weighted by molar-refractivity contribution is 0.321. The number of benzene rings is 1. The van der Waals surface area contributed by atoms with Crippen LogP contribution in [0.3, 0.4) is 0 Å². The van der Waals surface area contributed by atoms with Gasteiger partial charge in [0.15, 0.2) is 0 Å². The van der Waals surface area contributed by atoms with E-state index in [0.29, 0.717) is 16.3 Å². The van der Waals surface area contributed by atoms with Gasteiger partial charge in [-0.3, -0.25) is 9.71 Å². The second kappa shape index (κ2) is 5.18. The fourth-order valence-corrected chi connectivity index (χ4v) is 4.07. The van der Waals surface area contributed by atoms with E-state index < -0.39 is 10.0 Å². The number of nitrogens with zero attached hydrogens (tertiary/aromatic N) is 2. The molecule has 1 aromatic carbocycles. The van der Waals surface area contributed by atoms with Gasteiger partial charge in [-0.2, -0.15) is 0 Å². The summed E-state index contributed by atoms with van der Waals surface area (Å²) in [6.45, 7) is 5.16. The molecule has 0 aromatic heterocycles. The maximum atomic E-state index is 12.0. The minimum Gasteiger partial charge on any atom is -0.301 e. The third-order valence-corrected chi connectivity index (χ3v) is 5.13. The van der Waals surface area contributed by atoms with Crippen LogP contribution in [0.4, 0.5) is 0 Å². The second-order valence-corrected chi connectivity index (χ2v) is 7.09. The summed E-state index contributed by atoms with van der Waals surface area (Å²) < 4.78 is 26.5. The molecule has 0 spiro atoms. The smallest absolute Gasteiger partial charge is 0.263 e. The van der Waals surface area contributed by atoms with E-state index >= 15 is 0 Å². The van der Waals surface area contributed by atoms with Gasteiger partial charge in [-0.05, 0) is 45.0 Å². The van der Waals surface area contributed by atoms with Crippen LogP contribution in [0, 0.1) is 0 Å². The molecule has 6 heteroatoms. The largest absolute Gasteiger partial charge is 0.301 e. The highest BCUT2D eigenvalue weighted by atomic mass is 32.2. The van der Waals surface area contributed by atoms with Gasteiger partial charge in [0.2, 0.25) is 0 Å². The van der Waals surface area contributed by atoms with Gasteiger partial charge in [-0.15, -0.1) is 0 Å². The Morgan fingerprint density at radius 3 is 2.75 bits per heavy atom. The highest BCUT2D eigenvalue weighted by Gasteiger charge is 2.30. The van der Waals surface area contributed by atoms with Gasteiger partial charge < -0.3 is 4.90 Å². The summed E-state index contributed by atoms with van der Waals surface area (Å²) in [7, 11) is -3.42. The molecule has 2 aliphatic rings. The van der Waals surface area contributed by atoms with E-state index in [0.717, 1.165) is 19.6 Å². The number of sulfonamides is 1. The monoisotopic (exact) mass is 293 g/mol. The first kappa shape index (κ1) is 13.6. The average molecular weight is 293 g/mol. The Balaban J connectivity index is 1.82. The molecular formula is C14H19N3O2S. The van der Waals surface area contributed by atoms with Crippen molar-refractivity contribution >= 4 is 15.9 Å². The van der Waals surface area contributed by atoms with Crippen LogP contribution >= 0.6 is 0 Å². The van der Waals surface area contributed by atoms with Gasteiger partial charge in [-0.1, -0.05) is 12.1 Å². The van der Waals surface area contributed by atoms with Crippen molar-refractivity contribution in [3.8, 4) is 0 Å². The van der Waals surface area contributed by atoms with Gasteiger partial charge in [-0.25, -0.2) is 8.42 Å². The van der Waals surface area contributed by atoms with E-state index in [9.17, 15) is 8.42 Å². The highest BCUT2D eigenvalue weighted by Crippen LogP contribution is 2.22. The van der Waals surface area contributed by atoms with Crippen LogP contribution in [0.1, 0.15) is 25.3 Å². The molecule has 0 saturated carbocycles. The van der Waals surface area contributed by atoms with Crippen molar-refractivity contribution in [3.05, 3.63) is 29.8 Å². The molecule has 5 nitrogen and oxygen atoms in total. The lowest BCUT2D eigenvalue weighted by Gasteiger charge is -2.17. The van der Waals surface area contributed by atoms with Crippen molar-refractivity contribution in [2.24, 2.45) is 4.99 Å². The van der Waals surface area contributed by atoms with E-state index in [2.05, 4.69) is 14.6 Å². The molecule has 0 aliphatic carbocycles. The quantitative estimate of drug-likeness (QED) is 0.911. The first-order valence-corrected chi connectivity index (χ1v) is 8.47. The molecule has 1 saturated heterocycles. The first-order valence-electron chi connectivity index (χ1n) is 6.99. The Morgan fingerprint density at radius 2 is 2.00 bits per heavy atom. The molecule has 108 valence electrons. The topological polar surface area (TPSA) is 61.8 Å². The first-order chi connectivity index (χ1) is 9.56. The molecule has 1 atom stereocenters. The lowest BCUT2D eigenvalue weighted by atomic mass is 10.2. The molecule has 0 bridgehead atoms. The molecule has 2 heterocycles. The Kier molecular flexibility index (Phi) is 3.52. The molecule has 3 rings (SSSR count). The van der Waals surface area contributed by atoms with Crippen molar-refractivity contribution in [2.75, 3.05) is 19.6 Å². The van der Waals surface area contributed by atoms with Crippen molar-refractivity contribution < 1.29 is 8.42 Å². The van der Waals surface area contributed by atoms with Crippen molar-refractivity contribution in [3.63, 3.8) is 0 Å². The number of amidine groups is 1. The Bertz CT molecular complexity index is 634. The minimum absolute atomic E-state index is 0.0805. The van der Waals surface area contributed by atoms with Crippen LogP contribution in [0.2, 0.25) is 0 Å². The van der Waals surface area contributed by atoms with Crippen LogP contribution in [0.15, 0.2) is 34.2 Å².